The summed E-state index contributed by atoms with van der Waals surface area (Å²) in [7, 11) is 0. The number of aromatic nitrogens is 4. The van der Waals surface area contributed by atoms with Gasteiger partial charge < -0.3 is 9.47 Å². The Balaban J connectivity index is 1.24. The van der Waals surface area contributed by atoms with Gasteiger partial charge in [0.05, 0.1) is 26.5 Å². The number of nitrogens with zero attached hydrogens (tertiary/aromatic N) is 5. The number of amides is 2. The number of carbonyl (C=O) groups is 2. The number of fused-ring (bicyclic) bond motifs is 1. The summed E-state index contributed by atoms with van der Waals surface area (Å²) in [6.45, 7) is 7.01. The number of hydrogen-bond acceptors (Lipinski definition) is 6. The highest BCUT2D eigenvalue weighted by Gasteiger charge is 2.50. The van der Waals surface area contributed by atoms with E-state index < -0.39 is 0 Å². The van der Waals surface area contributed by atoms with Gasteiger partial charge in [0.2, 0.25) is 11.9 Å². The second-order valence-electron chi connectivity index (χ2n) is 9.68. The second-order valence-corrected chi connectivity index (χ2v) is 10.8. The third-order valence-electron chi connectivity index (χ3n) is 7.31. The molecule has 2 aliphatic rings. The average molecular weight is 499 g/mol. The molecule has 0 radical (unpaired) electrons. The van der Waals surface area contributed by atoms with E-state index in [4.69, 9.17) is 4.98 Å². The molecule has 6 rings (SSSR count). The van der Waals surface area contributed by atoms with Gasteiger partial charge in [-0.2, -0.15) is 0 Å². The summed E-state index contributed by atoms with van der Waals surface area (Å²) >= 11 is 1.40. The summed E-state index contributed by atoms with van der Waals surface area (Å²) in [5.41, 5.74) is 2.80. The lowest BCUT2D eigenvalue weighted by atomic mass is 9.65. The van der Waals surface area contributed by atoms with Crippen molar-refractivity contribution in [3.8, 4) is 10.6 Å². The van der Waals surface area contributed by atoms with Gasteiger partial charge in [-0.25, -0.2) is 15.0 Å². The molecule has 1 saturated heterocycles. The average Bonchev–Trinajstić information content (AvgIpc) is 3.59. The molecule has 2 fully saturated rings. The first-order valence-electron chi connectivity index (χ1n) is 12.0. The molecule has 1 aliphatic carbocycles. The Labute approximate surface area is 212 Å². The molecule has 4 heterocycles. The van der Waals surface area contributed by atoms with E-state index in [1.165, 1.54) is 17.4 Å². The standard InChI is InChI=1S/C27H26N6O2S/c1-3-24(34)32-13-11-27(16-32)14-18(15-27)33-21-7-5-4-6-19(21)30-26(33)31-25(35)23-9-8-22(36-23)20-10-12-28-17(2)29-20/h3-10,12,18H,1,11,13-16H2,2H3,(H,30,31,35). The first-order valence-corrected chi connectivity index (χ1v) is 12.9. The lowest BCUT2D eigenvalue weighted by molar-refractivity contribution is -0.125. The summed E-state index contributed by atoms with van der Waals surface area (Å²) in [6, 6.07) is 13.8. The lowest BCUT2D eigenvalue weighted by Crippen LogP contribution is -2.42. The van der Waals surface area contributed by atoms with Gasteiger partial charge in [-0.05, 0) is 68.0 Å². The van der Waals surface area contributed by atoms with E-state index in [0.717, 1.165) is 54.0 Å². The molecule has 1 N–H and O–H groups in total. The van der Waals surface area contributed by atoms with Crippen LogP contribution in [0.25, 0.3) is 21.6 Å². The third-order valence-corrected chi connectivity index (χ3v) is 8.41. The molecule has 182 valence electrons. The Morgan fingerprint density at radius 3 is 2.81 bits per heavy atom. The van der Waals surface area contributed by atoms with Crippen molar-refractivity contribution in [1.29, 1.82) is 0 Å². The molecule has 0 bridgehead atoms. The van der Waals surface area contributed by atoms with Crippen molar-refractivity contribution in [2.24, 2.45) is 5.41 Å². The number of carbonyl (C=O) groups excluding carboxylic acids is 2. The maximum Gasteiger partial charge on any atom is 0.268 e. The number of nitrogens with one attached hydrogen (secondary N) is 1. The van der Waals surface area contributed by atoms with Gasteiger partial charge in [-0.3, -0.25) is 14.9 Å². The number of rotatable bonds is 5. The molecule has 4 aromatic rings. The molecule has 36 heavy (non-hydrogen) atoms. The van der Waals surface area contributed by atoms with E-state index in [-0.39, 0.29) is 23.3 Å². The largest absolute Gasteiger partial charge is 0.339 e. The van der Waals surface area contributed by atoms with Crippen LogP contribution in [-0.2, 0) is 4.79 Å². The minimum absolute atomic E-state index is 0.00352. The van der Waals surface area contributed by atoms with Gasteiger partial charge in [0, 0.05) is 25.3 Å². The van der Waals surface area contributed by atoms with Crippen molar-refractivity contribution in [2.45, 2.75) is 32.2 Å². The number of benzene rings is 1. The molecule has 1 aliphatic heterocycles. The zero-order chi connectivity index (χ0) is 24.9. The van der Waals surface area contributed by atoms with Crippen molar-refractivity contribution in [3.63, 3.8) is 0 Å². The molecule has 3 aromatic heterocycles. The first kappa shape index (κ1) is 22.6. The molecule has 1 spiro atoms. The van der Waals surface area contributed by atoms with Crippen LogP contribution in [0.15, 0.2) is 61.3 Å². The van der Waals surface area contributed by atoms with Crippen LogP contribution in [0.1, 0.15) is 40.8 Å². The van der Waals surface area contributed by atoms with Gasteiger partial charge in [-0.15, -0.1) is 11.3 Å². The highest BCUT2D eigenvalue weighted by atomic mass is 32.1. The van der Waals surface area contributed by atoms with Crippen molar-refractivity contribution < 1.29 is 9.59 Å². The third kappa shape index (κ3) is 3.89. The number of aryl methyl sites for hydroxylation is 1. The van der Waals surface area contributed by atoms with Gasteiger partial charge in [0.15, 0.2) is 0 Å². The normalized spacial score (nSPS) is 21.0. The van der Waals surface area contributed by atoms with Crippen molar-refractivity contribution in [1.82, 2.24) is 24.4 Å². The van der Waals surface area contributed by atoms with E-state index in [0.29, 0.717) is 16.6 Å². The fraction of sp³-hybridized carbons (Fsp3) is 0.296. The summed E-state index contributed by atoms with van der Waals surface area (Å²) in [4.78, 5) is 42.1. The molecule has 9 heteroatoms. The summed E-state index contributed by atoms with van der Waals surface area (Å²) in [6.07, 6.45) is 6.02. The summed E-state index contributed by atoms with van der Waals surface area (Å²) in [5, 5.41) is 3.07. The second kappa shape index (κ2) is 8.67. The van der Waals surface area contributed by atoms with Crippen LogP contribution in [0, 0.1) is 12.3 Å². The van der Waals surface area contributed by atoms with Crippen LogP contribution in [-0.4, -0.2) is 49.3 Å². The van der Waals surface area contributed by atoms with Crippen LogP contribution in [0.5, 0.6) is 0 Å². The van der Waals surface area contributed by atoms with Crippen LogP contribution in [0.3, 0.4) is 0 Å². The Morgan fingerprint density at radius 1 is 1.17 bits per heavy atom. The summed E-state index contributed by atoms with van der Waals surface area (Å²) < 4.78 is 2.17. The Hall–Kier alpha value is -3.85. The van der Waals surface area contributed by atoms with Crippen LogP contribution in [0.2, 0.25) is 0 Å². The Bertz CT molecular complexity index is 1500. The number of likely N-dealkylation sites (tertiary alicyclic amines) is 1. The lowest BCUT2D eigenvalue weighted by Gasteiger charge is -2.46. The number of para-hydroxylation sites is 2. The molecule has 1 saturated carbocycles. The smallest absolute Gasteiger partial charge is 0.268 e. The highest BCUT2D eigenvalue weighted by Crippen LogP contribution is 2.55. The van der Waals surface area contributed by atoms with Gasteiger partial charge in [0.25, 0.3) is 5.91 Å². The number of hydrogen-bond donors (Lipinski definition) is 1. The first-order chi connectivity index (χ1) is 17.4. The Kier molecular flexibility index (Phi) is 5.44. The van der Waals surface area contributed by atoms with Gasteiger partial charge in [-0.1, -0.05) is 18.7 Å². The van der Waals surface area contributed by atoms with Crippen LogP contribution in [0.4, 0.5) is 5.95 Å². The molecular weight excluding hydrogens is 472 g/mol. The molecular formula is C27H26N6O2S. The zero-order valence-corrected chi connectivity index (χ0v) is 20.8. The van der Waals surface area contributed by atoms with E-state index in [9.17, 15) is 9.59 Å². The predicted molar refractivity (Wildman–Crippen MR) is 140 cm³/mol. The molecule has 8 nitrogen and oxygen atoms in total. The van der Waals surface area contributed by atoms with E-state index in [1.54, 1.807) is 6.20 Å². The maximum atomic E-state index is 13.2. The SMILES string of the molecule is C=CC(=O)N1CCC2(CC(n3c(NC(=O)c4ccc(-c5ccnc(C)n5)s4)nc4ccccc43)C2)C1. The van der Waals surface area contributed by atoms with Crippen LogP contribution < -0.4 is 5.32 Å². The zero-order valence-electron chi connectivity index (χ0n) is 20.0. The van der Waals surface area contributed by atoms with E-state index >= 15 is 0 Å². The van der Waals surface area contributed by atoms with Crippen molar-refractivity contribution in [2.75, 3.05) is 18.4 Å². The van der Waals surface area contributed by atoms with Gasteiger partial charge >= 0.3 is 0 Å². The van der Waals surface area contributed by atoms with E-state index in [1.807, 2.05) is 54.3 Å². The minimum atomic E-state index is -0.189. The fourth-order valence-electron chi connectivity index (χ4n) is 5.56. The maximum absolute atomic E-state index is 13.2. The quantitative estimate of drug-likeness (QED) is 0.397. The monoisotopic (exact) mass is 498 g/mol. The van der Waals surface area contributed by atoms with Gasteiger partial charge in [0.1, 0.15) is 5.82 Å². The molecule has 2 amide bonds. The number of anilines is 1. The topological polar surface area (TPSA) is 93.0 Å². The number of thiophene rings is 1. The highest BCUT2D eigenvalue weighted by molar-refractivity contribution is 7.17. The predicted octanol–water partition coefficient (Wildman–Crippen LogP) is 4.86. The van der Waals surface area contributed by atoms with Crippen molar-refractivity contribution in [3.05, 3.63) is 72.0 Å². The van der Waals surface area contributed by atoms with E-state index in [2.05, 4.69) is 26.4 Å². The fourth-order valence-corrected chi connectivity index (χ4v) is 6.44. The molecule has 1 aromatic carbocycles. The summed E-state index contributed by atoms with van der Waals surface area (Å²) in [5.74, 6) is 1.07. The van der Waals surface area contributed by atoms with Crippen molar-refractivity contribution >= 4 is 40.1 Å². The number of imidazole rings is 1. The Morgan fingerprint density at radius 2 is 2.00 bits per heavy atom. The minimum Gasteiger partial charge on any atom is -0.339 e. The van der Waals surface area contributed by atoms with Crippen LogP contribution >= 0.6 is 11.3 Å². The molecule has 0 atom stereocenters. The molecule has 0 unspecified atom stereocenters.